The summed E-state index contributed by atoms with van der Waals surface area (Å²) in [6.45, 7) is 5.49. The first-order valence-electron chi connectivity index (χ1n) is 9.93. The lowest BCUT2D eigenvalue weighted by atomic mass is 9.98. The summed E-state index contributed by atoms with van der Waals surface area (Å²) in [5, 5.41) is 2.88. The van der Waals surface area contributed by atoms with Crippen LogP contribution >= 0.6 is 0 Å². The fraction of sp³-hybridized carbons (Fsp3) is 0.208. The van der Waals surface area contributed by atoms with Gasteiger partial charge < -0.3 is 5.32 Å². The van der Waals surface area contributed by atoms with Gasteiger partial charge in [-0.05, 0) is 60.4 Å². The molecule has 0 fully saturated rings. The first-order valence-corrected chi connectivity index (χ1v) is 11.4. The molecule has 0 aliphatic rings. The van der Waals surface area contributed by atoms with Crippen molar-refractivity contribution in [2.45, 2.75) is 31.6 Å². The minimum atomic E-state index is -4.04. The Bertz CT molecular complexity index is 1160. The van der Waals surface area contributed by atoms with E-state index in [0.717, 1.165) is 15.4 Å². The molecule has 5 nitrogen and oxygen atoms in total. The number of carbonyl (C=O) groups excluding carboxylic acids is 1. The van der Waals surface area contributed by atoms with Gasteiger partial charge in [0.15, 0.2) is 0 Å². The number of para-hydroxylation sites is 1. The average molecular weight is 441 g/mol. The van der Waals surface area contributed by atoms with Crippen molar-refractivity contribution < 1.29 is 17.6 Å². The number of nitrogens with one attached hydrogen (secondary N) is 1. The van der Waals surface area contributed by atoms with E-state index in [9.17, 15) is 17.6 Å². The quantitative estimate of drug-likeness (QED) is 0.556. The van der Waals surface area contributed by atoms with Gasteiger partial charge >= 0.3 is 0 Å². The van der Waals surface area contributed by atoms with Gasteiger partial charge in [-0.3, -0.25) is 9.10 Å². The van der Waals surface area contributed by atoms with Crippen LogP contribution in [-0.4, -0.2) is 20.9 Å². The molecule has 0 unspecified atom stereocenters. The van der Waals surface area contributed by atoms with Gasteiger partial charge in [-0.25, -0.2) is 12.8 Å². The largest absolute Gasteiger partial charge is 0.324 e. The van der Waals surface area contributed by atoms with Gasteiger partial charge in [0, 0.05) is 5.69 Å². The molecule has 0 heterocycles. The van der Waals surface area contributed by atoms with Crippen LogP contribution in [0.25, 0.3) is 0 Å². The van der Waals surface area contributed by atoms with Crippen molar-refractivity contribution in [1.29, 1.82) is 0 Å². The lowest BCUT2D eigenvalue weighted by Gasteiger charge is -2.25. The minimum Gasteiger partial charge on any atom is -0.324 e. The summed E-state index contributed by atoms with van der Waals surface area (Å²) in [6.07, 6.45) is 0. The lowest BCUT2D eigenvalue weighted by Crippen LogP contribution is -2.38. The Kier molecular flexibility index (Phi) is 6.75. The summed E-state index contributed by atoms with van der Waals surface area (Å²) in [4.78, 5) is 13.0. The molecule has 162 valence electrons. The molecule has 0 bridgehead atoms. The minimum absolute atomic E-state index is 0.0471. The average Bonchev–Trinajstić information content (AvgIpc) is 2.74. The molecule has 7 heteroatoms. The summed E-state index contributed by atoms with van der Waals surface area (Å²) in [5.74, 6) is -0.803. The monoisotopic (exact) mass is 440 g/mol. The first kappa shape index (κ1) is 22.5. The second-order valence-electron chi connectivity index (χ2n) is 7.54. The third-order valence-corrected chi connectivity index (χ3v) is 6.71. The van der Waals surface area contributed by atoms with Crippen molar-refractivity contribution in [2.24, 2.45) is 0 Å². The Morgan fingerprint density at radius 1 is 0.968 bits per heavy atom. The van der Waals surface area contributed by atoms with E-state index < -0.39 is 28.3 Å². The number of carbonyl (C=O) groups is 1. The summed E-state index contributed by atoms with van der Waals surface area (Å²) < 4.78 is 41.0. The standard InChI is InChI=1S/C24H25FN2O3S/c1-17(2)22-11-7-8-18(3)24(22)26-23(28)16-27(20-14-12-19(25)13-15-20)31(29,30)21-9-5-4-6-10-21/h4-15,17H,16H2,1-3H3,(H,26,28). The summed E-state index contributed by atoms with van der Waals surface area (Å²) in [6, 6.07) is 18.6. The van der Waals surface area contributed by atoms with Gasteiger partial charge in [0.2, 0.25) is 5.91 Å². The Hall–Kier alpha value is -3.19. The smallest absolute Gasteiger partial charge is 0.264 e. The molecule has 0 aliphatic carbocycles. The number of benzene rings is 3. The van der Waals surface area contributed by atoms with E-state index in [1.807, 2.05) is 39.0 Å². The molecule has 3 aromatic carbocycles. The van der Waals surface area contributed by atoms with Crippen molar-refractivity contribution in [3.63, 3.8) is 0 Å². The predicted molar refractivity (Wildman–Crippen MR) is 121 cm³/mol. The highest BCUT2D eigenvalue weighted by Crippen LogP contribution is 2.28. The Labute approximate surface area is 182 Å². The molecular weight excluding hydrogens is 415 g/mol. The second kappa shape index (κ2) is 9.31. The molecule has 31 heavy (non-hydrogen) atoms. The molecular formula is C24H25FN2O3S. The number of rotatable bonds is 7. The second-order valence-corrected chi connectivity index (χ2v) is 9.41. The summed E-state index contributed by atoms with van der Waals surface area (Å²) in [7, 11) is -4.04. The number of halogens is 1. The number of amides is 1. The van der Waals surface area contributed by atoms with Gasteiger partial charge in [0.1, 0.15) is 12.4 Å². The highest BCUT2D eigenvalue weighted by Gasteiger charge is 2.27. The molecule has 1 amide bonds. The van der Waals surface area contributed by atoms with Crippen molar-refractivity contribution in [1.82, 2.24) is 0 Å². The number of sulfonamides is 1. The lowest BCUT2D eigenvalue weighted by molar-refractivity contribution is -0.114. The number of hydrogen-bond donors (Lipinski definition) is 1. The van der Waals surface area contributed by atoms with Crippen LogP contribution in [0.3, 0.4) is 0 Å². The van der Waals surface area contributed by atoms with E-state index in [2.05, 4.69) is 5.32 Å². The van der Waals surface area contributed by atoms with Crippen LogP contribution in [-0.2, 0) is 14.8 Å². The number of hydrogen-bond acceptors (Lipinski definition) is 3. The van der Waals surface area contributed by atoms with Gasteiger partial charge in [-0.15, -0.1) is 0 Å². The van der Waals surface area contributed by atoms with Gasteiger partial charge in [-0.1, -0.05) is 50.2 Å². The molecule has 0 radical (unpaired) electrons. The summed E-state index contributed by atoms with van der Waals surface area (Å²) in [5.41, 5.74) is 2.74. The third-order valence-electron chi connectivity index (χ3n) is 4.92. The van der Waals surface area contributed by atoms with E-state index >= 15 is 0 Å². The SMILES string of the molecule is Cc1cccc(C(C)C)c1NC(=O)CN(c1ccc(F)cc1)S(=O)(=O)c1ccccc1. The molecule has 3 rings (SSSR count). The normalized spacial score (nSPS) is 11.4. The molecule has 1 N–H and O–H groups in total. The van der Waals surface area contributed by atoms with Crippen molar-refractivity contribution in [3.8, 4) is 0 Å². The molecule has 3 aromatic rings. The fourth-order valence-electron chi connectivity index (χ4n) is 3.29. The predicted octanol–water partition coefficient (Wildman–Crippen LogP) is 5.09. The molecule has 0 saturated heterocycles. The maximum absolute atomic E-state index is 13.4. The van der Waals surface area contributed by atoms with Crippen molar-refractivity contribution in [3.05, 3.63) is 89.7 Å². The summed E-state index contributed by atoms with van der Waals surface area (Å²) >= 11 is 0. The van der Waals surface area contributed by atoms with E-state index in [-0.39, 0.29) is 16.5 Å². The highest BCUT2D eigenvalue weighted by atomic mass is 32.2. The topological polar surface area (TPSA) is 66.5 Å². The Balaban J connectivity index is 1.97. The van der Waals surface area contributed by atoms with Crippen LogP contribution in [0.4, 0.5) is 15.8 Å². The first-order chi connectivity index (χ1) is 14.7. The molecule has 0 spiro atoms. The zero-order chi connectivity index (χ0) is 22.6. The van der Waals surface area contributed by atoms with E-state index in [1.54, 1.807) is 18.2 Å². The highest BCUT2D eigenvalue weighted by molar-refractivity contribution is 7.92. The molecule has 0 aliphatic heterocycles. The number of anilines is 2. The van der Waals surface area contributed by atoms with Crippen molar-refractivity contribution in [2.75, 3.05) is 16.2 Å². The van der Waals surface area contributed by atoms with Gasteiger partial charge in [0.05, 0.1) is 10.6 Å². The van der Waals surface area contributed by atoms with Crippen LogP contribution in [0.15, 0.2) is 77.7 Å². The van der Waals surface area contributed by atoms with E-state index in [0.29, 0.717) is 5.69 Å². The molecule has 0 atom stereocenters. The third kappa shape index (κ3) is 5.11. The van der Waals surface area contributed by atoms with Crippen LogP contribution in [0, 0.1) is 12.7 Å². The molecule has 0 aromatic heterocycles. The maximum Gasteiger partial charge on any atom is 0.264 e. The van der Waals surface area contributed by atoms with Crippen molar-refractivity contribution >= 4 is 27.3 Å². The fourth-order valence-corrected chi connectivity index (χ4v) is 4.74. The van der Waals surface area contributed by atoms with E-state index in [4.69, 9.17) is 0 Å². The maximum atomic E-state index is 13.4. The Morgan fingerprint density at radius 3 is 2.23 bits per heavy atom. The van der Waals surface area contributed by atoms with Crippen LogP contribution in [0.2, 0.25) is 0 Å². The van der Waals surface area contributed by atoms with Crippen LogP contribution < -0.4 is 9.62 Å². The zero-order valence-corrected chi connectivity index (χ0v) is 18.5. The van der Waals surface area contributed by atoms with Crippen LogP contribution in [0.5, 0.6) is 0 Å². The zero-order valence-electron chi connectivity index (χ0n) is 17.7. The van der Waals surface area contributed by atoms with Crippen LogP contribution in [0.1, 0.15) is 30.9 Å². The number of nitrogens with zero attached hydrogens (tertiary/aromatic N) is 1. The molecule has 0 saturated carbocycles. The van der Waals surface area contributed by atoms with E-state index in [1.165, 1.54) is 36.4 Å². The van der Waals surface area contributed by atoms with Gasteiger partial charge in [0.25, 0.3) is 10.0 Å². The number of aryl methyl sites for hydroxylation is 1. The Morgan fingerprint density at radius 2 is 1.61 bits per heavy atom. The van der Waals surface area contributed by atoms with Gasteiger partial charge in [-0.2, -0.15) is 0 Å².